The van der Waals surface area contributed by atoms with Gasteiger partial charge in [0.25, 0.3) is 0 Å². The van der Waals surface area contributed by atoms with Crippen LogP contribution in [0.1, 0.15) is 60.3 Å². The summed E-state index contributed by atoms with van der Waals surface area (Å²) in [5, 5.41) is 3.25. The van der Waals surface area contributed by atoms with Crippen LogP contribution < -0.4 is 5.32 Å². The maximum Gasteiger partial charge on any atom is 0.410 e. The highest BCUT2D eigenvalue weighted by Gasteiger charge is 2.29. The van der Waals surface area contributed by atoms with Gasteiger partial charge in [0.15, 0.2) is 0 Å². The van der Waals surface area contributed by atoms with Crippen LogP contribution in [0.15, 0.2) is 0 Å². The molecule has 2 fully saturated rings. The van der Waals surface area contributed by atoms with Gasteiger partial charge in [-0.25, -0.2) is 4.79 Å². The molecule has 2 amide bonds. The Morgan fingerprint density at radius 1 is 1.04 bits per heavy atom. The third-order valence-corrected chi connectivity index (χ3v) is 5.66. The molecule has 1 aliphatic carbocycles. The molecule has 6 nitrogen and oxygen atoms in total. The second-order valence-electron chi connectivity index (χ2n) is 9.04. The quantitative estimate of drug-likeness (QED) is 0.833. The lowest BCUT2D eigenvalue weighted by molar-refractivity contribution is -0.123. The molecule has 0 spiro atoms. The van der Waals surface area contributed by atoms with E-state index in [9.17, 15) is 9.59 Å². The van der Waals surface area contributed by atoms with Gasteiger partial charge in [-0.2, -0.15) is 0 Å². The first-order valence-electron chi connectivity index (χ1n) is 10.2. The average Bonchev–Trinajstić information content (AvgIpc) is 2.76. The van der Waals surface area contributed by atoms with Gasteiger partial charge in [0.05, 0.1) is 6.54 Å². The second kappa shape index (κ2) is 9.07. The van der Waals surface area contributed by atoms with Gasteiger partial charge < -0.3 is 15.0 Å². The number of carbonyl (C=O) groups is 2. The number of carbonyl (C=O) groups excluding carboxylic acids is 2. The zero-order valence-electron chi connectivity index (χ0n) is 17.2. The van der Waals surface area contributed by atoms with E-state index in [1.54, 1.807) is 4.90 Å². The number of nitrogens with one attached hydrogen (secondary N) is 1. The molecular formula is C20H37N3O3. The molecule has 0 radical (unpaired) electrons. The highest BCUT2D eigenvalue weighted by molar-refractivity contribution is 5.78. The molecule has 2 rings (SSSR count). The first-order valence-corrected chi connectivity index (χ1v) is 10.2. The Hall–Kier alpha value is -1.30. The summed E-state index contributed by atoms with van der Waals surface area (Å²) in [6.07, 6.45) is 4.16. The van der Waals surface area contributed by atoms with Crippen LogP contribution in [0.4, 0.5) is 4.79 Å². The Labute approximate surface area is 158 Å². The van der Waals surface area contributed by atoms with E-state index in [0.717, 1.165) is 19.4 Å². The molecule has 0 aromatic heterocycles. The van der Waals surface area contributed by atoms with Gasteiger partial charge in [-0.05, 0) is 45.4 Å². The molecule has 26 heavy (non-hydrogen) atoms. The molecule has 1 heterocycles. The molecule has 0 aromatic rings. The highest BCUT2D eigenvalue weighted by atomic mass is 16.6. The van der Waals surface area contributed by atoms with Crippen LogP contribution >= 0.6 is 0 Å². The third-order valence-electron chi connectivity index (χ3n) is 5.66. The van der Waals surface area contributed by atoms with Crippen molar-refractivity contribution in [1.29, 1.82) is 0 Å². The molecule has 0 bridgehead atoms. The first-order chi connectivity index (χ1) is 12.2. The van der Waals surface area contributed by atoms with Crippen molar-refractivity contribution in [3.05, 3.63) is 0 Å². The molecule has 1 N–H and O–H groups in total. The standard InChI is InChI=1S/C20H37N3O3/c1-15-8-6-9-17(16(15)2)21-18(24)14-22-10-7-11-23(13-12-22)19(25)26-20(3,4)5/h15-17H,6-14H2,1-5H3,(H,21,24). The molecule has 6 heteroatoms. The first kappa shape index (κ1) is 21.0. The maximum atomic E-state index is 12.5. The summed E-state index contributed by atoms with van der Waals surface area (Å²) in [4.78, 5) is 28.6. The van der Waals surface area contributed by atoms with Crippen molar-refractivity contribution in [3.8, 4) is 0 Å². The van der Waals surface area contributed by atoms with Crippen molar-refractivity contribution in [2.75, 3.05) is 32.7 Å². The largest absolute Gasteiger partial charge is 0.444 e. The lowest BCUT2D eigenvalue weighted by atomic mass is 9.78. The fourth-order valence-electron chi connectivity index (χ4n) is 3.88. The normalized spacial score (nSPS) is 28.3. The number of rotatable bonds is 3. The summed E-state index contributed by atoms with van der Waals surface area (Å²) in [6.45, 7) is 13.4. The molecule has 0 aromatic carbocycles. The van der Waals surface area contributed by atoms with Crippen LogP contribution in [0.5, 0.6) is 0 Å². The summed E-state index contributed by atoms with van der Waals surface area (Å²) in [7, 11) is 0. The van der Waals surface area contributed by atoms with Crippen LogP contribution in [0, 0.1) is 11.8 Å². The number of hydrogen-bond acceptors (Lipinski definition) is 4. The van der Waals surface area contributed by atoms with Crippen LogP contribution in [0.3, 0.4) is 0 Å². The molecule has 3 atom stereocenters. The topological polar surface area (TPSA) is 61.9 Å². The van der Waals surface area contributed by atoms with Gasteiger partial charge in [0.1, 0.15) is 5.60 Å². The molecule has 2 aliphatic rings. The predicted octanol–water partition coefficient (Wildman–Crippen LogP) is 2.87. The predicted molar refractivity (Wildman–Crippen MR) is 103 cm³/mol. The summed E-state index contributed by atoms with van der Waals surface area (Å²) < 4.78 is 5.46. The lowest BCUT2D eigenvalue weighted by Gasteiger charge is -2.35. The zero-order valence-corrected chi connectivity index (χ0v) is 17.2. The molecule has 1 saturated heterocycles. The summed E-state index contributed by atoms with van der Waals surface area (Å²) in [5.41, 5.74) is -0.475. The van der Waals surface area contributed by atoms with Crippen molar-refractivity contribution in [2.45, 2.75) is 71.9 Å². The molecule has 1 saturated carbocycles. The van der Waals surface area contributed by atoms with E-state index in [4.69, 9.17) is 4.74 Å². The van der Waals surface area contributed by atoms with E-state index in [2.05, 4.69) is 24.1 Å². The van der Waals surface area contributed by atoms with E-state index in [1.807, 2.05) is 20.8 Å². The van der Waals surface area contributed by atoms with E-state index in [-0.39, 0.29) is 12.0 Å². The maximum absolute atomic E-state index is 12.5. The average molecular weight is 368 g/mol. The Bertz CT molecular complexity index is 489. The van der Waals surface area contributed by atoms with Crippen molar-refractivity contribution >= 4 is 12.0 Å². The minimum absolute atomic E-state index is 0.113. The Morgan fingerprint density at radius 2 is 1.77 bits per heavy atom. The minimum Gasteiger partial charge on any atom is -0.444 e. The fraction of sp³-hybridized carbons (Fsp3) is 0.900. The number of ether oxygens (including phenoxy) is 1. The number of nitrogens with zero attached hydrogens (tertiary/aromatic N) is 2. The van der Waals surface area contributed by atoms with Crippen LogP contribution in [0.25, 0.3) is 0 Å². The number of hydrogen-bond donors (Lipinski definition) is 1. The van der Waals surface area contributed by atoms with Crippen molar-refractivity contribution in [2.24, 2.45) is 11.8 Å². The van der Waals surface area contributed by atoms with Gasteiger partial charge in [-0.15, -0.1) is 0 Å². The van der Waals surface area contributed by atoms with E-state index < -0.39 is 5.60 Å². The zero-order chi connectivity index (χ0) is 19.3. The van der Waals surface area contributed by atoms with Gasteiger partial charge in [0, 0.05) is 32.2 Å². The van der Waals surface area contributed by atoms with Gasteiger partial charge >= 0.3 is 6.09 Å². The van der Waals surface area contributed by atoms with E-state index >= 15 is 0 Å². The summed E-state index contributed by atoms with van der Waals surface area (Å²) in [6, 6.07) is 0.302. The number of amides is 2. The molecular weight excluding hydrogens is 330 g/mol. The van der Waals surface area contributed by atoms with Crippen molar-refractivity contribution in [3.63, 3.8) is 0 Å². The Kier molecular flexibility index (Phi) is 7.33. The lowest BCUT2D eigenvalue weighted by Crippen LogP contribution is -2.48. The molecule has 150 valence electrons. The monoisotopic (exact) mass is 367 g/mol. The fourth-order valence-corrected chi connectivity index (χ4v) is 3.88. The minimum atomic E-state index is -0.475. The van der Waals surface area contributed by atoms with Crippen LogP contribution in [0.2, 0.25) is 0 Å². The molecule has 1 aliphatic heterocycles. The van der Waals surface area contributed by atoms with Gasteiger partial charge in [-0.3, -0.25) is 9.69 Å². The highest BCUT2D eigenvalue weighted by Crippen LogP contribution is 2.29. The van der Waals surface area contributed by atoms with E-state index in [0.29, 0.717) is 44.1 Å². The van der Waals surface area contributed by atoms with Crippen LogP contribution in [-0.4, -0.2) is 66.2 Å². The second-order valence-corrected chi connectivity index (χ2v) is 9.04. The van der Waals surface area contributed by atoms with E-state index in [1.165, 1.54) is 12.8 Å². The van der Waals surface area contributed by atoms with Crippen molar-refractivity contribution in [1.82, 2.24) is 15.1 Å². The van der Waals surface area contributed by atoms with Gasteiger partial charge in [-0.1, -0.05) is 26.7 Å². The Balaban J connectivity index is 1.78. The summed E-state index contributed by atoms with van der Waals surface area (Å²) in [5.74, 6) is 1.33. The summed E-state index contributed by atoms with van der Waals surface area (Å²) >= 11 is 0. The Morgan fingerprint density at radius 3 is 2.46 bits per heavy atom. The smallest absolute Gasteiger partial charge is 0.410 e. The van der Waals surface area contributed by atoms with Crippen molar-refractivity contribution < 1.29 is 14.3 Å². The van der Waals surface area contributed by atoms with Gasteiger partial charge in [0.2, 0.25) is 5.91 Å². The van der Waals surface area contributed by atoms with Crippen LogP contribution in [-0.2, 0) is 9.53 Å². The SMILES string of the molecule is CC1CCCC(NC(=O)CN2CCCN(C(=O)OC(C)(C)C)CC2)C1C. The molecule has 3 unspecified atom stereocenters. The third kappa shape index (κ3) is 6.45.